The molecule has 0 aliphatic heterocycles. The summed E-state index contributed by atoms with van der Waals surface area (Å²) in [7, 11) is 0. The first-order valence-electron chi connectivity index (χ1n) is 6.86. The van der Waals surface area contributed by atoms with Crippen molar-refractivity contribution in [3.63, 3.8) is 0 Å². The maximum atomic E-state index is 6.12. The summed E-state index contributed by atoms with van der Waals surface area (Å²) in [4.78, 5) is 12.0. The molecule has 6 nitrogen and oxygen atoms in total. The highest BCUT2D eigenvalue weighted by atomic mass is 16.5. The number of H-pyrrole nitrogens is 1. The van der Waals surface area contributed by atoms with Crippen molar-refractivity contribution in [2.24, 2.45) is 0 Å². The molecule has 3 heterocycles. The molecule has 0 saturated heterocycles. The summed E-state index contributed by atoms with van der Waals surface area (Å²) in [5.41, 5.74) is 9.55. The van der Waals surface area contributed by atoms with E-state index in [0.717, 1.165) is 22.2 Å². The number of aryl methyl sites for hydroxylation is 1. The smallest absolute Gasteiger partial charge is 0.169 e. The zero-order valence-corrected chi connectivity index (χ0v) is 11.9. The Balaban J connectivity index is 2.12. The average Bonchev–Trinajstić information content (AvgIpc) is 3.14. The summed E-state index contributed by atoms with van der Waals surface area (Å²) >= 11 is 0. The molecule has 0 bridgehead atoms. The molecule has 0 saturated carbocycles. The zero-order chi connectivity index (χ0) is 15.1. The van der Waals surface area contributed by atoms with Crippen LogP contribution in [0.25, 0.3) is 33.6 Å². The molecule has 3 N–H and O–H groups in total. The Hall–Kier alpha value is -3.15. The molecule has 22 heavy (non-hydrogen) atoms. The minimum Gasteiger partial charge on any atom is -0.383 e. The second-order valence-electron chi connectivity index (χ2n) is 5.00. The number of anilines is 1. The van der Waals surface area contributed by atoms with Crippen LogP contribution in [0.1, 0.15) is 5.82 Å². The number of hydrogen-bond acceptors (Lipinski definition) is 5. The van der Waals surface area contributed by atoms with Crippen LogP contribution in [-0.2, 0) is 0 Å². The predicted molar refractivity (Wildman–Crippen MR) is 84.0 cm³/mol. The van der Waals surface area contributed by atoms with E-state index in [1.54, 1.807) is 12.3 Å². The summed E-state index contributed by atoms with van der Waals surface area (Å²) in [6, 6.07) is 11.8. The number of aromatic amines is 1. The van der Waals surface area contributed by atoms with Crippen molar-refractivity contribution in [3.8, 4) is 22.6 Å². The molecule has 6 heteroatoms. The van der Waals surface area contributed by atoms with Crippen LogP contribution in [0.15, 0.2) is 47.1 Å². The van der Waals surface area contributed by atoms with Gasteiger partial charge < -0.3 is 15.2 Å². The van der Waals surface area contributed by atoms with Crippen molar-refractivity contribution in [1.82, 2.24) is 20.1 Å². The maximum Gasteiger partial charge on any atom is 0.169 e. The number of rotatable bonds is 2. The molecule has 0 atom stereocenters. The van der Waals surface area contributed by atoms with Gasteiger partial charge in [0.25, 0.3) is 0 Å². The van der Waals surface area contributed by atoms with Gasteiger partial charge in [-0.3, -0.25) is 0 Å². The first-order chi connectivity index (χ1) is 10.7. The van der Waals surface area contributed by atoms with Gasteiger partial charge in [-0.05, 0) is 12.5 Å². The molecule has 4 rings (SSSR count). The first-order valence-corrected chi connectivity index (χ1v) is 6.86. The largest absolute Gasteiger partial charge is 0.383 e. The molecule has 0 aliphatic carbocycles. The van der Waals surface area contributed by atoms with E-state index in [9.17, 15) is 0 Å². The summed E-state index contributed by atoms with van der Waals surface area (Å²) in [6.07, 6.45) is 1.61. The Morgan fingerprint density at radius 2 is 1.91 bits per heavy atom. The highest BCUT2D eigenvalue weighted by Gasteiger charge is 2.21. The van der Waals surface area contributed by atoms with Crippen LogP contribution in [0.4, 0.5) is 5.82 Å². The third-order valence-corrected chi connectivity index (χ3v) is 3.54. The lowest BCUT2D eigenvalue weighted by atomic mass is 10.0. The lowest BCUT2D eigenvalue weighted by Gasteiger charge is -2.02. The molecule has 3 aromatic heterocycles. The molecule has 108 valence electrons. The molecule has 4 aromatic rings. The Morgan fingerprint density at radius 3 is 2.64 bits per heavy atom. The molecule has 0 radical (unpaired) electrons. The Morgan fingerprint density at radius 1 is 1.09 bits per heavy atom. The summed E-state index contributed by atoms with van der Waals surface area (Å²) < 4.78 is 5.35. The van der Waals surface area contributed by atoms with E-state index in [2.05, 4.69) is 20.1 Å². The van der Waals surface area contributed by atoms with Gasteiger partial charge in [0.1, 0.15) is 17.3 Å². The van der Waals surface area contributed by atoms with Gasteiger partial charge in [-0.25, -0.2) is 9.97 Å². The Kier molecular flexibility index (Phi) is 2.69. The molecule has 0 amide bonds. The zero-order valence-electron chi connectivity index (χ0n) is 11.9. The number of nitrogens with zero attached hydrogens (tertiary/aromatic N) is 3. The van der Waals surface area contributed by atoms with Crippen molar-refractivity contribution in [3.05, 3.63) is 48.4 Å². The normalized spacial score (nSPS) is 11.1. The van der Waals surface area contributed by atoms with Crippen LogP contribution in [0.3, 0.4) is 0 Å². The fourth-order valence-corrected chi connectivity index (χ4v) is 2.65. The van der Waals surface area contributed by atoms with Crippen LogP contribution >= 0.6 is 0 Å². The minimum absolute atomic E-state index is 0.423. The minimum atomic E-state index is 0.423. The third kappa shape index (κ3) is 1.85. The number of nitrogen functional groups attached to an aromatic ring is 1. The summed E-state index contributed by atoms with van der Waals surface area (Å²) in [5, 5.41) is 4.55. The molecular formula is C16H13N5O. The van der Waals surface area contributed by atoms with E-state index in [1.165, 1.54) is 0 Å². The van der Waals surface area contributed by atoms with Crippen LogP contribution in [0.5, 0.6) is 0 Å². The molecule has 1 aromatic carbocycles. The summed E-state index contributed by atoms with van der Waals surface area (Å²) in [5.74, 6) is 1.67. The quantitative estimate of drug-likeness (QED) is 0.591. The second kappa shape index (κ2) is 4.70. The van der Waals surface area contributed by atoms with E-state index in [1.807, 2.05) is 37.3 Å². The molecular weight excluding hydrogens is 278 g/mol. The number of hydrogen-bond donors (Lipinski definition) is 2. The van der Waals surface area contributed by atoms with Crippen molar-refractivity contribution >= 4 is 16.9 Å². The van der Waals surface area contributed by atoms with Crippen LogP contribution in [-0.4, -0.2) is 20.1 Å². The van der Waals surface area contributed by atoms with Crippen molar-refractivity contribution in [2.45, 2.75) is 6.92 Å². The SMILES string of the molecule is Cc1nc(N)c2c(-c3ccno3)c(-c3ccccc3)[nH]c2n1. The van der Waals surface area contributed by atoms with Crippen LogP contribution in [0.2, 0.25) is 0 Å². The maximum absolute atomic E-state index is 6.12. The van der Waals surface area contributed by atoms with Gasteiger partial charge >= 0.3 is 0 Å². The van der Waals surface area contributed by atoms with Gasteiger partial charge in [-0.2, -0.15) is 0 Å². The monoisotopic (exact) mass is 291 g/mol. The van der Waals surface area contributed by atoms with E-state index in [0.29, 0.717) is 23.0 Å². The van der Waals surface area contributed by atoms with Gasteiger partial charge in [-0.15, -0.1) is 0 Å². The second-order valence-corrected chi connectivity index (χ2v) is 5.00. The molecule has 0 unspecified atom stereocenters. The average molecular weight is 291 g/mol. The molecule has 0 spiro atoms. The van der Waals surface area contributed by atoms with E-state index in [-0.39, 0.29) is 0 Å². The molecule has 0 aliphatic rings. The van der Waals surface area contributed by atoms with Crippen molar-refractivity contribution in [1.29, 1.82) is 0 Å². The van der Waals surface area contributed by atoms with E-state index >= 15 is 0 Å². The van der Waals surface area contributed by atoms with Crippen molar-refractivity contribution < 1.29 is 4.52 Å². The third-order valence-electron chi connectivity index (χ3n) is 3.54. The van der Waals surface area contributed by atoms with Gasteiger partial charge in [0.15, 0.2) is 5.76 Å². The van der Waals surface area contributed by atoms with E-state index in [4.69, 9.17) is 10.3 Å². The number of benzene rings is 1. The highest BCUT2D eigenvalue weighted by molar-refractivity contribution is 6.06. The van der Waals surface area contributed by atoms with E-state index < -0.39 is 0 Å². The number of aromatic nitrogens is 4. The van der Waals surface area contributed by atoms with Gasteiger partial charge in [0.2, 0.25) is 0 Å². The fourth-order valence-electron chi connectivity index (χ4n) is 2.65. The fraction of sp³-hybridized carbons (Fsp3) is 0.0625. The Bertz CT molecular complexity index is 942. The standard InChI is InChI=1S/C16H13N5O/c1-9-19-15(17)13-12(11-7-8-18-22-11)14(21-16(13)20-9)10-5-3-2-4-6-10/h2-8H,1H3,(H3,17,19,20,21). The Labute approximate surface area is 126 Å². The van der Waals surface area contributed by atoms with Gasteiger partial charge in [0.05, 0.1) is 22.8 Å². The first kappa shape index (κ1) is 12.6. The lowest BCUT2D eigenvalue weighted by Crippen LogP contribution is -1.96. The topological polar surface area (TPSA) is 93.6 Å². The number of nitrogens with one attached hydrogen (secondary N) is 1. The predicted octanol–water partition coefficient (Wildman–Crippen LogP) is 3.17. The molecule has 0 fully saturated rings. The number of fused-ring (bicyclic) bond motifs is 1. The van der Waals surface area contributed by atoms with Gasteiger partial charge in [0, 0.05) is 6.07 Å². The summed E-state index contributed by atoms with van der Waals surface area (Å²) in [6.45, 7) is 1.81. The highest BCUT2D eigenvalue weighted by Crippen LogP contribution is 2.39. The lowest BCUT2D eigenvalue weighted by molar-refractivity contribution is 0.433. The van der Waals surface area contributed by atoms with Crippen LogP contribution < -0.4 is 5.73 Å². The van der Waals surface area contributed by atoms with Gasteiger partial charge in [-0.1, -0.05) is 35.5 Å². The van der Waals surface area contributed by atoms with Crippen molar-refractivity contribution in [2.75, 3.05) is 5.73 Å². The van der Waals surface area contributed by atoms with Crippen LogP contribution in [0, 0.1) is 6.92 Å². The number of nitrogens with two attached hydrogens (primary N) is 1.